The molecule has 0 aromatic heterocycles. The van der Waals surface area contributed by atoms with Gasteiger partial charge < -0.3 is 4.43 Å². The minimum atomic E-state index is -1.16. The summed E-state index contributed by atoms with van der Waals surface area (Å²) >= 11 is 0. The van der Waals surface area contributed by atoms with Gasteiger partial charge in [0.15, 0.2) is 8.32 Å². The molecule has 60 valence electrons. The predicted molar refractivity (Wildman–Crippen MR) is 50.5 cm³/mol. The Balaban J connectivity index is 2.56. The number of rotatable bonds is 0. The first-order valence-electron chi connectivity index (χ1n) is 4.05. The standard InChI is InChI=1S/C7H18OSi2/c1-9(2)6-5-8-10(3,4)7-9/h5-7H2,1-4H3. The SMILES string of the molecule is C[Si]1(C)CCO[Si](C)(C)C1. The van der Waals surface area contributed by atoms with Gasteiger partial charge in [-0.15, -0.1) is 0 Å². The average Bonchev–Trinajstić information content (AvgIpc) is 1.56. The molecule has 1 saturated heterocycles. The van der Waals surface area contributed by atoms with Crippen molar-refractivity contribution in [1.82, 2.24) is 0 Å². The van der Waals surface area contributed by atoms with Crippen LogP contribution >= 0.6 is 0 Å². The van der Waals surface area contributed by atoms with Crippen molar-refractivity contribution in [3.63, 3.8) is 0 Å². The van der Waals surface area contributed by atoms with Gasteiger partial charge in [-0.05, 0) is 24.8 Å². The molecule has 1 fully saturated rings. The van der Waals surface area contributed by atoms with Crippen molar-refractivity contribution in [1.29, 1.82) is 0 Å². The molecule has 0 spiro atoms. The van der Waals surface area contributed by atoms with Gasteiger partial charge >= 0.3 is 0 Å². The Bertz CT molecular complexity index is 118. The Morgan fingerprint density at radius 1 is 1.10 bits per heavy atom. The van der Waals surface area contributed by atoms with Gasteiger partial charge in [0, 0.05) is 14.7 Å². The molecule has 3 heteroatoms. The Morgan fingerprint density at radius 2 is 1.70 bits per heavy atom. The lowest BCUT2D eigenvalue weighted by atomic mass is 10.9. The van der Waals surface area contributed by atoms with Crippen LogP contribution in [-0.2, 0) is 4.43 Å². The van der Waals surface area contributed by atoms with E-state index in [1.165, 1.54) is 11.7 Å². The maximum Gasteiger partial charge on any atom is 0.184 e. The minimum absolute atomic E-state index is 0.789. The van der Waals surface area contributed by atoms with Gasteiger partial charge in [0.1, 0.15) is 0 Å². The van der Waals surface area contributed by atoms with Crippen molar-refractivity contribution < 1.29 is 4.43 Å². The molecule has 10 heavy (non-hydrogen) atoms. The Hall–Kier alpha value is 0.394. The van der Waals surface area contributed by atoms with Crippen LogP contribution in [-0.4, -0.2) is 23.0 Å². The van der Waals surface area contributed by atoms with E-state index in [0.717, 1.165) is 6.61 Å². The third-order valence-corrected chi connectivity index (χ3v) is 12.0. The first-order valence-corrected chi connectivity index (χ1v) is 10.6. The fourth-order valence-corrected chi connectivity index (χ4v) is 13.7. The second-order valence-electron chi connectivity index (χ2n) is 4.70. The first-order chi connectivity index (χ1) is 4.41. The molecule has 1 aliphatic heterocycles. The van der Waals surface area contributed by atoms with Crippen molar-refractivity contribution >= 4 is 16.4 Å². The highest BCUT2D eigenvalue weighted by atomic mass is 28.4. The largest absolute Gasteiger partial charge is 0.418 e. The second-order valence-corrected chi connectivity index (χ2v) is 14.7. The third-order valence-electron chi connectivity index (χ3n) is 2.18. The summed E-state index contributed by atoms with van der Waals surface area (Å²) in [5.74, 6) is 0. The highest BCUT2D eigenvalue weighted by Crippen LogP contribution is 2.28. The maximum absolute atomic E-state index is 5.77. The summed E-state index contributed by atoms with van der Waals surface area (Å²) in [7, 11) is -1.95. The second kappa shape index (κ2) is 2.46. The molecule has 0 unspecified atom stereocenters. The third kappa shape index (κ3) is 2.21. The Labute approximate surface area is 65.9 Å². The van der Waals surface area contributed by atoms with Crippen molar-refractivity contribution in [2.75, 3.05) is 6.61 Å². The van der Waals surface area contributed by atoms with E-state index >= 15 is 0 Å². The molecule has 1 rings (SSSR count). The number of hydrogen-bond acceptors (Lipinski definition) is 1. The van der Waals surface area contributed by atoms with Gasteiger partial charge in [0.2, 0.25) is 0 Å². The van der Waals surface area contributed by atoms with Crippen molar-refractivity contribution in [3.8, 4) is 0 Å². The summed E-state index contributed by atoms with van der Waals surface area (Å²) in [4.78, 5) is 0. The van der Waals surface area contributed by atoms with Gasteiger partial charge in [-0.25, -0.2) is 0 Å². The quantitative estimate of drug-likeness (QED) is 0.513. The average molecular weight is 174 g/mol. The molecule has 0 amide bonds. The summed E-state index contributed by atoms with van der Waals surface area (Å²) in [5, 5.41) is 0. The monoisotopic (exact) mass is 174 g/mol. The van der Waals surface area contributed by atoms with Crippen LogP contribution in [0.5, 0.6) is 0 Å². The molecular formula is C7H18OSi2. The van der Waals surface area contributed by atoms with E-state index in [-0.39, 0.29) is 0 Å². The smallest absolute Gasteiger partial charge is 0.184 e. The lowest BCUT2D eigenvalue weighted by Crippen LogP contribution is -2.47. The van der Waals surface area contributed by atoms with E-state index in [1.807, 2.05) is 0 Å². The zero-order valence-corrected chi connectivity index (χ0v) is 9.53. The summed E-state index contributed by atoms with van der Waals surface area (Å²) in [5.41, 5.74) is 1.46. The fourth-order valence-electron chi connectivity index (χ4n) is 1.90. The van der Waals surface area contributed by atoms with Crippen LogP contribution in [0.15, 0.2) is 0 Å². The zero-order chi connectivity index (χ0) is 7.83. The van der Waals surface area contributed by atoms with Crippen LogP contribution in [0.2, 0.25) is 37.9 Å². The van der Waals surface area contributed by atoms with Crippen LogP contribution in [0.4, 0.5) is 0 Å². The van der Waals surface area contributed by atoms with Gasteiger partial charge in [-0.1, -0.05) is 13.1 Å². The predicted octanol–water partition coefficient (Wildman–Crippen LogP) is 2.47. The minimum Gasteiger partial charge on any atom is -0.418 e. The molecular weight excluding hydrogens is 156 g/mol. The molecule has 1 nitrogen and oxygen atoms in total. The molecule has 0 bridgehead atoms. The molecule has 0 N–H and O–H groups in total. The molecule has 0 aromatic carbocycles. The Kier molecular flexibility index (Phi) is 2.09. The van der Waals surface area contributed by atoms with Crippen LogP contribution in [0.1, 0.15) is 0 Å². The van der Waals surface area contributed by atoms with E-state index in [0.29, 0.717) is 0 Å². The first kappa shape index (κ1) is 8.49. The molecule has 1 aliphatic rings. The molecule has 0 atom stereocenters. The van der Waals surface area contributed by atoms with Crippen LogP contribution in [0, 0.1) is 0 Å². The zero-order valence-electron chi connectivity index (χ0n) is 7.53. The normalized spacial score (nSPS) is 30.0. The lowest BCUT2D eigenvalue weighted by Gasteiger charge is -2.37. The van der Waals surface area contributed by atoms with Gasteiger partial charge in [-0.2, -0.15) is 0 Å². The van der Waals surface area contributed by atoms with E-state index in [9.17, 15) is 0 Å². The van der Waals surface area contributed by atoms with Gasteiger partial charge in [-0.3, -0.25) is 0 Å². The van der Waals surface area contributed by atoms with Gasteiger partial charge in [0.05, 0.1) is 0 Å². The Morgan fingerprint density at radius 3 is 2.00 bits per heavy atom. The van der Waals surface area contributed by atoms with Crippen molar-refractivity contribution in [3.05, 3.63) is 0 Å². The highest BCUT2D eigenvalue weighted by molar-refractivity contribution is 6.93. The van der Waals surface area contributed by atoms with Crippen LogP contribution in [0.3, 0.4) is 0 Å². The topological polar surface area (TPSA) is 9.23 Å². The lowest BCUT2D eigenvalue weighted by molar-refractivity contribution is 0.322. The summed E-state index contributed by atoms with van der Waals surface area (Å²) in [6, 6.07) is 1.38. The van der Waals surface area contributed by atoms with Crippen LogP contribution < -0.4 is 0 Å². The van der Waals surface area contributed by atoms with Gasteiger partial charge in [0.25, 0.3) is 0 Å². The molecule has 1 heterocycles. The molecule has 0 radical (unpaired) electrons. The number of hydrogen-bond donors (Lipinski definition) is 0. The van der Waals surface area contributed by atoms with Crippen molar-refractivity contribution in [2.24, 2.45) is 0 Å². The molecule has 0 aliphatic carbocycles. The summed E-state index contributed by atoms with van der Waals surface area (Å²) in [6.45, 7) is 10.7. The summed E-state index contributed by atoms with van der Waals surface area (Å²) < 4.78 is 5.77. The van der Waals surface area contributed by atoms with E-state index in [2.05, 4.69) is 26.2 Å². The molecule has 0 saturated carbocycles. The van der Waals surface area contributed by atoms with Crippen LogP contribution in [0.25, 0.3) is 0 Å². The van der Waals surface area contributed by atoms with E-state index in [1.54, 1.807) is 0 Å². The molecule has 0 aromatic rings. The van der Waals surface area contributed by atoms with Crippen molar-refractivity contribution in [2.45, 2.75) is 37.9 Å². The maximum atomic E-state index is 5.77. The van der Waals surface area contributed by atoms with E-state index in [4.69, 9.17) is 4.43 Å². The summed E-state index contributed by atoms with van der Waals surface area (Å²) in [6.07, 6.45) is 0. The highest BCUT2D eigenvalue weighted by Gasteiger charge is 2.37. The fraction of sp³-hybridized carbons (Fsp3) is 1.00. The van der Waals surface area contributed by atoms with E-state index < -0.39 is 16.4 Å².